The maximum absolute atomic E-state index is 12.6. The molecule has 8 heteroatoms. The van der Waals surface area contributed by atoms with Gasteiger partial charge in [-0.05, 0) is 106 Å². The van der Waals surface area contributed by atoms with Gasteiger partial charge in [0.25, 0.3) is 5.91 Å². The first kappa shape index (κ1) is 30.2. The van der Waals surface area contributed by atoms with Crippen molar-refractivity contribution in [3.05, 3.63) is 47.0 Å². The number of allylic oxidation sites excluding steroid dienone is 1. The molecule has 8 nitrogen and oxygen atoms in total. The van der Waals surface area contributed by atoms with Crippen LogP contribution in [0.4, 0.5) is 0 Å². The Balaban J connectivity index is 1.18. The molecule has 0 radical (unpaired) electrons. The maximum Gasteiger partial charge on any atom is 0.251 e. The number of hydrogen-bond acceptors (Lipinski definition) is 7. The molecule has 0 spiro atoms. The molecule has 1 heterocycles. The molecule has 42 heavy (non-hydrogen) atoms. The van der Waals surface area contributed by atoms with Crippen molar-refractivity contribution in [1.82, 2.24) is 5.32 Å². The summed E-state index contributed by atoms with van der Waals surface area (Å²) < 4.78 is 11.9. The average molecular weight is 584 g/mol. The van der Waals surface area contributed by atoms with Crippen LogP contribution in [0.3, 0.4) is 0 Å². The summed E-state index contributed by atoms with van der Waals surface area (Å²) in [7, 11) is 0. The Kier molecular flexibility index (Phi) is 7.89. The van der Waals surface area contributed by atoms with Gasteiger partial charge < -0.3 is 35.2 Å². The highest BCUT2D eigenvalue weighted by molar-refractivity contribution is 5.94. The summed E-state index contributed by atoms with van der Waals surface area (Å²) in [5, 5.41) is 46.2. The molecular weight excluding hydrogens is 534 g/mol. The molecule has 232 valence electrons. The Hall–Kier alpha value is -1.81. The largest absolute Gasteiger partial charge is 0.389 e. The number of aliphatic hydroxyl groups is 4. The lowest BCUT2D eigenvalue weighted by atomic mass is 9.45. The number of fused-ring (bicyclic) bond motifs is 5. The second-order valence-electron chi connectivity index (χ2n) is 14.2. The van der Waals surface area contributed by atoms with Crippen LogP contribution >= 0.6 is 0 Å². The minimum atomic E-state index is -1.30. The molecule has 3 saturated carbocycles. The molecule has 1 aromatic carbocycles. The third kappa shape index (κ3) is 4.60. The molecule has 4 aliphatic carbocycles. The normalized spacial score (nSPS) is 46.7. The topological polar surface area (TPSA) is 128 Å². The number of rotatable bonds is 5. The fourth-order valence-electron chi connectivity index (χ4n) is 9.74. The summed E-state index contributed by atoms with van der Waals surface area (Å²) in [6.07, 6.45) is 3.98. The van der Waals surface area contributed by atoms with E-state index in [1.165, 1.54) is 11.1 Å². The van der Waals surface area contributed by atoms with E-state index in [4.69, 9.17) is 9.47 Å². The molecular formula is C34H49NO7. The smallest absolute Gasteiger partial charge is 0.251 e. The van der Waals surface area contributed by atoms with Gasteiger partial charge in [0.05, 0.1) is 17.8 Å². The Morgan fingerprint density at radius 3 is 2.43 bits per heavy atom. The Labute approximate surface area is 249 Å². The fraction of sp³-hybridized carbons (Fsp3) is 0.735. The third-order valence-corrected chi connectivity index (χ3v) is 12.3. The van der Waals surface area contributed by atoms with Crippen LogP contribution in [0, 0.1) is 22.7 Å². The number of hydrogen-bond donors (Lipinski definition) is 5. The van der Waals surface area contributed by atoms with Gasteiger partial charge >= 0.3 is 0 Å². The van der Waals surface area contributed by atoms with Gasteiger partial charge in [-0.3, -0.25) is 4.79 Å². The zero-order chi connectivity index (χ0) is 30.0. The van der Waals surface area contributed by atoms with E-state index in [-0.39, 0.29) is 34.7 Å². The van der Waals surface area contributed by atoms with Crippen molar-refractivity contribution in [2.24, 2.45) is 22.7 Å². The van der Waals surface area contributed by atoms with E-state index in [0.717, 1.165) is 51.4 Å². The second-order valence-corrected chi connectivity index (χ2v) is 14.2. The Bertz CT molecular complexity index is 1200. The van der Waals surface area contributed by atoms with Gasteiger partial charge in [0.15, 0.2) is 6.29 Å². The highest BCUT2D eigenvalue weighted by Gasteiger charge is 2.66. The van der Waals surface area contributed by atoms with Crippen LogP contribution in [0.2, 0.25) is 0 Å². The molecule has 1 aromatic rings. The number of carbonyl (C=O) groups excluding carboxylic acids is 1. The zero-order valence-electron chi connectivity index (χ0n) is 25.5. The number of ether oxygens (including phenoxy) is 2. The predicted molar refractivity (Wildman–Crippen MR) is 158 cm³/mol. The van der Waals surface area contributed by atoms with E-state index in [2.05, 4.69) is 37.4 Å². The Morgan fingerprint density at radius 1 is 0.976 bits per heavy atom. The summed E-state index contributed by atoms with van der Waals surface area (Å²) in [6, 6.07) is 8.03. The molecule has 5 aliphatic rings. The molecule has 0 bridgehead atoms. The van der Waals surface area contributed by atoms with Gasteiger partial charge in [-0.1, -0.05) is 37.6 Å². The van der Waals surface area contributed by atoms with Gasteiger partial charge in [-0.25, -0.2) is 0 Å². The Morgan fingerprint density at radius 2 is 1.71 bits per heavy atom. The summed E-state index contributed by atoms with van der Waals surface area (Å²) in [6.45, 7) is 8.87. The number of aliphatic hydroxyl groups excluding tert-OH is 3. The van der Waals surface area contributed by atoms with E-state index in [0.29, 0.717) is 18.0 Å². The van der Waals surface area contributed by atoms with Crippen molar-refractivity contribution in [3.8, 4) is 0 Å². The van der Waals surface area contributed by atoms with E-state index in [1.807, 2.05) is 19.1 Å². The van der Waals surface area contributed by atoms with Crippen LogP contribution in [0.5, 0.6) is 0 Å². The number of nitrogens with one attached hydrogen (secondary N) is 1. The summed E-state index contributed by atoms with van der Waals surface area (Å²) in [5.74, 6) is 0.839. The summed E-state index contributed by atoms with van der Waals surface area (Å²) in [5.41, 5.74) is 2.32. The monoisotopic (exact) mass is 583 g/mol. The van der Waals surface area contributed by atoms with Crippen LogP contribution in [0.1, 0.15) is 101 Å². The first-order chi connectivity index (χ1) is 19.9. The lowest BCUT2D eigenvalue weighted by molar-refractivity contribution is -0.301. The first-order valence-electron chi connectivity index (χ1n) is 16.1. The van der Waals surface area contributed by atoms with Crippen LogP contribution in [0.25, 0.3) is 0 Å². The van der Waals surface area contributed by atoms with Crippen LogP contribution in [-0.2, 0) is 9.47 Å². The number of amides is 1. The van der Waals surface area contributed by atoms with E-state index >= 15 is 0 Å². The molecule has 1 saturated heterocycles. The van der Waals surface area contributed by atoms with E-state index in [9.17, 15) is 25.2 Å². The van der Waals surface area contributed by atoms with Crippen LogP contribution < -0.4 is 5.32 Å². The standard InChI is InChI=1S/C34H49NO7/c1-5-35-30(39)21-8-6-20(7-9-21)24-14-17-34(40)26-11-10-22-18-23(42-31-29(38)28(37)27(36)19(2)41-31)12-15-32(22,3)25(26)13-16-33(24,34)4/h6-9,18-19,23-29,31,36-38,40H,5,10-17H2,1-4H3,(H,35,39)/t19-,23-,24+,25-,26+,27-,28+,29+,31-,32-,33+,34-/m0/s1. The molecule has 1 amide bonds. The fourth-order valence-corrected chi connectivity index (χ4v) is 9.74. The van der Waals surface area contributed by atoms with Gasteiger partial charge in [0.1, 0.15) is 18.3 Å². The minimum absolute atomic E-state index is 0.0127. The SMILES string of the molecule is CCNC(=O)c1ccc([C@H]2CC[C@]3(O)[C@@H]4CCC5=C[C@@H](O[C@@H]6O[C@@H](C)[C@H](O)[C@@H](O)[C@H]6O)CC[C@]5(C)[C@H]4CC[C@]23C)cc1. The summed E-state index contributed by atoms with van der Waals surface area (Å²) >= 11 is 0. The lowest BCUT2D eigenvalue weighted by Gasteiger charge is -2.62. The third-order valence-electron chi connectivity index (χ3n) is 12.3. The van der Waals surface area contributed by atoms with E-state index in [1.54, 1.807) is 6.92 Å². The summed E-state index contributed by atoms with van der Waals surface area (Å²) in [4.78, 5) is 12.3. The van der Waals surface area contributed by atoms with E-state index < -0.39 is 36.3 Å². The molecule has 1 aliphatic heterocycles. The van der Waals surface area contributed by atoms with Crippen molar-refractivity contribution < 1.29 is 34.7 Å². The quantitative estimate of drug-likeness (QED) is 0.334. The molecule has 0 unspecified atom stereocenters. The highest BCUT2D eigenvalue weighted by atomic mass is 16.7. The van der Waals surface area contributed by atoms with Gasteiger partial charge in [-0.2, -0.15) is 0 Å². The zero-order valence-corrected chi connectivity index (χ0v) is 25.5. The number of carbonyl (C=O) groups is 1. The second kappa shape index (κ2) is 11.0. The van der Waals surface area contributed by atoms with Crippen molar-refractivity contribution in [3.63, 3.8) is 0 Å². The molecule has 4 fully saturated rings. The van der Waals surface area contributed by atoms with Crippen molar-refractivity contribution >= 4 is 5.91 Å². The first-order valence-corrected chi connectivity index (χ1v) is 16.1. The maximum atomic E-state index is 12.6. The minimum Gasteiger partial charge on any atom is -0.389 e. The average Bonchev–Trinajstić information content (AvgIpc) is 3.26. The van der Waals surface area contributed by atoms with Crippen LogP contribution in [0.15, 0.2) is 35.9 Å². The van der Waals surface area contributed by atoms with Gasteiger partial charge in [0, 0.05) is 17.5 Å². The molecule has 6 rings (SSSR count). The van der Waals surface area contributed by atoms with Gasteiger partial charge in [0.2, 0.25) is 0 Å². The molecule has 12 atom stereocenters. The molecule has 5 N–H and O–H groups in total. The molecule has 0 aromatic heterocycles. The lowest BCUT2D eigenvalue weighted by Crippen LogP contribution is -2.60. The highest BCUT2D eigenvalue weighted by Crippen LogP contribution is 2.70. The van der Waals surface area contributed by atoms with Crippen molar-refractivity contribution in [2.75, 3.05) is 6.54 Å². The van der Waals surface area contributed by atoms with Crippen LogP contribution in [-0.4, -0.2) is 75.3 Å². The van der Waals surface area contributed by atoms with Gasteiger partial charge in [-0.15, -0.1) is 0 Å². The number of benzene rings is 1. The predicted octanol–water partition coefficient (Wildman–Crippen LogP) is 3.81. The van der Waals surface area contributed by atoms with Crippen molar-refractivity contribution in [2.45, 2.75) is 127 Å². The van der Waals surface area contributed by atoms with Crippen molar-refractivity contribution in [1.29, 1.82) is 0 Å².